The van der Waals surface area contributed by atoms with Crippen LogP contribution >= 0.6 is 24.6 Å². The third kappa shape index (κ3) is 18.2. The minimum atomic E-state index is -5.58. The molecular formula is C68H100O33S5-2. The quantitative estimate of drug-likeness (QED) is 0.00769. The summed E-state index contributed by atoms with van der Waals surface area (Å²) >= 11 is 0.195. The maximum absolute atomic E-state index is 13.8. The zero-order chi connectivity index (χ0) is 76.8. The maximum Gasteiger partial charge on any atom is 0.397 e. The van der Waals surface area contributed by atoms with Crippen LogP contribution in [0.4, 0.5) is 0 Å². The van der Waals surface area contributed by atoms with E-state index in [0.717, 1.165) is 43.3 Å². The fourth-order valence-electron chi connectivity index (χ4n) is 20.6. The number of carboxylic acids is 2. The molecule has 33 nitrogen and oxygen atoms in total. The molecule has 2 aliphatic heterocycles. The molecule has 11 rings (SSSR count). The first kappa shape index (κ1) is 86.4. The molecule has 0 radical (unpaired) electrons. The molecule has 7 N–H and O–H groups in total. The number of hydrogen-bond donors (Lipinski definition) is 7. The van der Waals surface area contributed by atoms with E-state index in [9.17, 15) is 89.6 Å². The highest BCUT2D eigenvalue weighted by Crippen LogP contribution is 2.73. The lowest BCUT2D eigenvalue weighted by atomic mass is 9.43. The van der Waals surface area contributed by atoms with Gasteiger partial charge >= 0.3 is 44.7 Å². The lowest BCUT2D eigenvalue weighted by molar-refractivity contribution is -0.778. The number of hydrogen-bond acceptors (Lipinski definition) is 31. The standard InChI is InChI=1S/C37H52O17S3.C30H46O16S2.CH4/c1-19(2)14-29(38)52-32-31(54-57(47,48)49)30(53-56(44,45)46)27(18-55(42,43)24-9-6-20(3)7-10-24)51-35(32)50-23-15-25(34(40)41)26-12-13-37-16-22(21(4)33(37)39)8-11-28(37)36(26,5)17-23;1-14(2)9-22(32)40-25-24(42-48-46-44-37)23(41-47-45-43-36)20(13-31)39-28(25)38-17-10-18(27(34)35)19-7-8-30-11-16(15(3)26(30)33)5-6-21(30)29(19,4)12-17;/h6-7,9-10,19,22-23,25-28,30-33,35,39H,4,8,11-18H2,1-3,5H3,(H,40,41)(H,44,45,46)(H,47,48,49);14,16-21,23-26,28,31,33,36-37H,3,5-13H2,1-2,4H3,(H,34,35);1H4/p-2/t22?,23?,25?,26?,27-,28?,30+,31-,32?,33-,35+,36?,37?;16?,17?,18?,19?,20-,21?,23+,24-,25?,26-,28+,29?,30?;/m00./s1. The van der Waals surface area contributed by atoms with Crippen molar-refractivity contribution >= 4 is 79.2 Å². The van der Waals surface area contributed by atoms with Gasteiger partial charge in [-0.15, -0.1) is 8.67 Å². The summed E-state index contributed by atoms with van der Waals surface area (Å²) in [6.45, 7) is 20.5. The van der Waals surface area contributed by atoms with Crippen LogP contribution in [0.3, 0.4) is 0 Å². The van der Waals surface area contributed by atoms with Crippen molar-refractivity contribution in [2.24, 2.45) is 80.8 Å². The van der Waals surface area contributed by atoms with Crippen LogP contribution in [0.15, 0.2) is 53.5 Å². The van der Waals surface area contributed by atoms with Gasteiger partial charge in [-0.25, -0.2) is 16.8 Å². The Hall–Kier alpha value is -3.63. The Morgan fingerprint density at radius 1 is 0.604 bits per heavy atom. The smallest absolute Gasteiger partial charge is 0.397 e. The van der Waals surface area contributed by atoms with E-state index in [4.69, 9.17) is 45.2 Å². The van der Waals surface area contributed by atoms with E-state index in [1.165, 1.54) is 24.3 Å². The number of esters is 2. The molecule has 0 amide bonds. The van der Waals surface area contributed by atoms with Gasteiger partial charge in [0, 0.05) is 23.7 Å². The van der Waals surface area contributed by atoms with Crippen LogP contribution in [-0.4, -0.2) is 182 Å². The van der Waals surface area contributed by atoms with E-state index in [-0.39, 0.29) is 122 Å². The minimum absolute atomic E-state index is 0. The van der Waals surface area contributed by atoms with Crippen LogP contribution < -0.4 is 10.5 Å². The Morgan fingerprint density at radius 2 is 1.02 bits per heavy atom. The van der Waals surface area contributed by atoms with Gasteiger partial charge in [-0.1, -0.05) is 79.8 Å². The first-order valence-electron chi connectivity index (χ1n) is 35.2. The predicted molar refractivity (Wildman–Crippen MR) is 364 cm³/mol. The summed E-state index contributed by atoms with van der Waals surface area (Å²) in [6, 6.07) is 5.54. The van der Waals surface area contributed by atoms with Crippen molar-refractivity contribution in [2.45, 2.75) is 249 Å². The Labute approximate surface area is 626 Å². The highest BCUT2D eigenvalue weighted by molar-refractivity contribution is 7.91. The third-order valence-electron chi connectivity index (χ3n) is 24.5. The van der Waals surface area contributed by atoms with Crippen LogP contribution in [-0.2, 0) is 114 Å². The summed E-state index contributed by atoms with van der Waals surface area (Å²) in [5, 5.41) is 82.0. The number of carboxylic acid groups (broad SMARTS) is 2. The van der Waals surface area contributed by atoms with Crippen molar-refractivity contribution < 1.29 is 153 Å². The Bertz CT molecular complexity index is 3640. The molecule has 16 unspecified atom stereocenters. The maximum atomic E-state index is 13.8. The second-order valence-corrected chi connectivity index (χ2v) is 36.6. The van der Waals surface area contributed by atoms with Crippen molar-refractivity contribution in [3.63, 3.8) is 0 Å². The number of aryl methyl sites for hydroxylation is 1. The van der Waals surface area contributed by atoms with E-state index in [1.807, 2.05) is 20.8 Å². The summed E-state index contributed by atoms with van der Waals surface area (Å²) in [5.74, 6) is -7.15. The molecule has 8 aliphatic carbocycles. The van der Waals surface area contributed by atoms with Crippen LogP contribution in [0.2, 0.25) is 0 Å². The summed E-state index contributed by atoms with van der Waals surface area (Å²) in [7, 11) is -15.6. The third-order valence-corrected chi connectivity index (χ3v) is 28.0. The molecular weight excluding hydrogens is 1510 g/mol. The number of sulfone groups is 1. The highest BCUT2D eigenvalue weighted by Gasteiger charge is 2.70. The number of carbonyl (C=O) groups is 4. The Kier molecular flexibility index (Phi) is 28.0. The van der Waals surface area contributed by atoms with Gasteiger partial charge in [0.05, 0.1) is 53.5 Å². The molecule has 10 aliphatic rings. The summed E-state index contributed by atoms with van der Waals surface area (Å²) in [6.07, 6.45) is -13.2. The van der Waals surface area contributed by atoms with E-state index < -0.39 is 181 Å². The summed E-state index contributed by atoms with van der Waals surface area (Å²) < 4.78 is 162. The van der Waals surface area contributed by atoms with Gasteiger partial charge in [-0.3, -0.25) is 46.7 Å². The fourth-order valence-corrected chi connectivity index (χ4v) is 23.8. The van der Waals surface area contributed by atoms with Crippen molar-refractivity contribution in [3.8, 4) is 0 Å². The second-order valence-electron chi connectivity index (χ2n) is 31.5. The SMILES string of the molecule is C.C=C1C2CCC3C4(C)CC(O[C@@H]5O[C@@H](CO)[C@@H](OSOO[O-])[C@H](OSOO[O-])C5OC(=O)CC(C)C)CC(C(=O)O)C4CCC3(C2)[C@H]1O.C=C1C2CCC3C4(C)CC(O[C@@H]5O[C@@H](CS(=O)(=O)c6ccc(C)cc6)[C@@H](OS(=O)(=O)O)[C@H](OS(=O)(=O)O)C5OC(=O)CC(C)C)CC(C(=O)O)C4CCC3(C2)[C@H]1O. The van der Waals surface area contributed by atoms with Crippen molar-refractivity contribution in [1.29, 1.82) is 0 Å². The van der Waals surface area contributed by atoms with Crippen molar-refractivity contribution in [2.75, 3.05) is 12.4 Å². The average molecular weight is 1610 g/mol. The van der Waals surface area contributed by atoms with E-state index in [0.29, 0.717) is 44.1 Å². The molecule has 2 saturated heterocycles. The van der Waals surface area contributed by atoms with Crippen LogP contribution in [0.25, 0.3) is 0 Å². The normalized spacial score (nSPS) is 39.8. The van der Waals surface area contributed by atoms with Crippen LogP contribution in [0, 0.1) is 87.8 Å². The molecule has 1 aromatic carbocycles. The Morgan fingerprint density at radius 3 is 1.42 bits per heavy atom. The number of rotatable bonds is 28. The number of carbonyl (C=O) groups excluding carboxylic acids is 2. The molecule has 38 heteroatoms. The van der Waals surface area contributed by atoms with Crippen molar-refractivity contribution in [1.82, 2.24) is 0 Å². The average Bonchev–Trinajstić information content (AvgIpc) is 1.44. The first-order valence-corrected chi connectivity index (χ1v) is 40.9. The van der Waals surface area contributed by atoms with Gasteiger partial charge in [0.25, 0.3) is 0 Å². The fraction of sp³-hybridized carbons (Fsp3) is 0.794. The lowest BCUT2D eigenvalue weighted by Crippen LogP contribution is -2.64. The molecule has 2 heterocycles. The largest absolute Gasteiger partial charge is 0.691 e. The number of aliphatic carboxylic acids is 2. The monoisotopic (exact) mass is 1600 g/mol. The first-order chi connectivity index (χ1) is 49.2. The topological polar surface area (TPSA) is 488 Å². The number of ether oxygens (including phenoxy) is 6. The van der Waals surface area contributed by atoms with E-state index >= 15 is 0 Å². The molecule has 4 bridgehead atoms. The zero-order valence-electron chi connectivity index (χ0n) is 59.1. The summed E-state index contributed by atoms with van der Waals surface area (Å²) in [5.41, 5.74) is 0.171. The predicted octanol–water partition coefficient (Wildman–Crippen LogP) is 5.73. The number of benzene rings is 1. The van der Waals surface area contributed by atoms with Crippen LogP contribution in [0.5, 0.6) is 0 Å². The molecule has 8 saturated carbocycles. The molecule has 0 aromatic heterocycles. The second kappa shape index (κ2) is 34.4. The van der Waals surface area contributed by atoms with Crippen LogP contribution in [0.1, 0.15) is 157 Å². The van der Waals surface area contributed by atoms with Gasteiger partial charge in [0.15, 0.2) is 65.4 Å². The van der Waals surface area contributed by atoms with Gasteiger partial charge in [-0.2, -0.15) is 16.8 Å². The van der Waals surface area contributed by atoms with Gasteiger partial charge < -0.3 is 64.5 Å². The molecule has 10 fully saturated rings. The van der Waals surface area contributed by atoms with Gasteiger partial charge in [0.2, 0.25) is 0 Å². The molecule has 1 aromatic rings. The van der Waals surface area contributed by atoms with Crippen molar-refractivity contribution in [3.05, 3.63) is 54.1 Å². The number of aliphatic hydroxyl groups is 3. The number of aliphatic hydroxyl groups excluding tert-OH is 3. The van der Waals surface area contributed by atoms with Gasteiger partial charge in [0.1, 0.15) is 30.5 Å². The van der Waals surface area contributed by atoms with E-state index in [2.05, 4.69) is 38.8 Å². The zero-order valence-corrected chi connectivity index (χ0v) is 63.2. The molecule has 26 atom stereocenters. The minimum Gasteiger partial charge on any atom is -0.691 e. The molecule has 2 spiro atoms. The van der Waals surface area contributed by atoms with E-state index in [1.54, 1.807) is 20.8 Å². The molecule has 602 valence electrons. The number of fused-ring (bicyclic) bond motifs is 6. The Balaban J connectivity index is 0.000000246. The highest BCUT2D eigenvalue weighted by atomic mass is 32.3. The summed E-state index contributed by atoms with van der Waals surface area (Å²) in [4.78, 5) is 51.8. The van der Waals surface area contributed by atoms with Gasteiger partial charge in [-0.05, 0) is 178 Å². The molecule has 106 heavy (non-hydrogen) atoms. The lowest BCUT2D eigenvalue weighted by Gasteiger charge is -2.62.